The molecule has 1 rings (SSSR count). The van der Waals surface area contributed by atoms with Gasteiger partial charge in [-0.05, 0) is 31.0 Å². The summed E-state index contributed by atoms with van der Waals surface area (Å²) in [6.07, 6.45) is 1.09. The average molecular weight is 225 g/mol. The summed E-state index contributed by atoms with van der Waals surface area (Å²) in [7, 11) is 0. The van der Waals surface area contributed by atoms with E-state index in [1.807, 2.05) is 18.2 Å². The van der Waals surface area contributed by atoms with Crippen molar-refractivity contribution in [1.29, 1.82) is 0 Å². The van der Waals surface area contributed by atoms with Gasteiger partial charge in [-0.3, -0.25) is 9.59 Å². The van der Waals surface area contributed by atoms with Gasteiger partial charge in [0, 0.05) is 11.4 Å². The van der Waals surface area contributed by atoms with Gasteiger partial charge in [0.15, 0.2) is 0 Å². The first-order valence-electron chi connectivity index (χ1n) is 4.83. The van der Waals surface area contributed by atoms with E-state index in [1.165, 1.54) is 6.92 Å². The molecule has 0 amide bonds. The van der Waals surface area contributed by atoms with Crippen molar-refractivity contribution in [1.82, 2.24) is 0 Å². The molecule has 0 aliphatic heterocycles. The number of hydrogen-bond donors (Lipinski definition) is 0. The molecule has 0 fully saturated rings. The fraction of sp³-hybridized carbons (Fsp3) is 0.333. The highest BCUT2D eigenvalue weighted by atomic mass is 35.5. The molecule has 0 heterocycles. The van der Waals surface area contributed by atoms with Crippen molar-refractivity contribution in [2.75, 3.05) is 0 Å². The minimum absolute atomic E-state index is 0.0116. The topological polar surface area (TPSA) is 34.1 Å². The number of rotatable bonds is 5. The molecule has 0 radical (unpaired) electrons. The monoisotopic (exact) mass is 224 g/mol. The smallest absolute Gasteiger partial charge is 0.140 e. The van der Waals surface area contributed by atoms with Gasteiger partial charge < -0.3 is 0 Å². The Kier molecular flexibility index (Phi) is 4.50. The van der Waals surface area contributed by atoms with E-state index < -0.39 is 0 Å². The van der Waals surface area contributed by atoms with Crippen molar-refractivity contribution in [3.63, 3.8) is 0 Å². The fourth-order valence-corrected chi connectivity index (χ4v) is 1.56. The minimum atomic E-state index is -0.0777. The molecule has 0 spiro atoms. The zero-order valence-corrected chi connectivity index (χ0v) is 9.38. The molecule has 0 saturated heterocycles. The molecule has 0 bridgehead atoms. The first-order chi connectivity index (χ1) is 7.08. The molecule has 1 aromatic rings. The summed E-state index contributed by atoms with van der Waals surface area (Å²) in [5, 5.41) is 0.673. The van der Waals surface area contributed by atoms with Crippen LogP contribution in [0.4, 0.5) is 0 Å². The third-order valence-electron chi connectivity index (χ3n) is 2.03. The lowest BCUT2D eigenvalue weighted by atomic mass is 10.1. The molecule has 1 aromatic carbocycles. The van der Waals surface area contributed by atoms with E-state index in [9.17, 15) is 9.59 Å². The highest BCUT2D eigenvalue weighted by Crippen LogP contribution is 2.12. The van der Waals surface area contributed by atoms with Crippen LogP contribution < -0.4 is 0 Å². The second-order valence-corrected chi connectivity index (χ2v) is 3.98. The Labute approximate surface area is 94.2 Å². The van der Waals surface area contributed by atoms with Crippen molar-refractivity contribution < 1.29 is 9.59 Å². The van der Waals surface area contributed by atoms with Crippen molar-refractivity contribution in [3.8, 4) is 0 Å². The molecule has 80 valence electrons. The number of halogens is 1. The molecule has 3 heteroatoms. The Morgan fingerprint density at radius 2 is 2.07 bits per heavy atom. The number of carbonyl (C=O) groups is 2. The summed E-state index contributed by atoms with van der Waals surface area (Å²) in [4.78, 5) is 21.9. The van der Waals surface area contributed by atoms with E-state index >= 15 is 0 Å². The highest BCUT2D eigenvalue weighted by Gasteiger charge is 2.05. The predicted octanol–water partition coefficient (Wildman–Crippen LogP) is 2.82. The van der Waals surface area contributed by atoms with Crippen LogP contribution in [-0.4, -0.2) is 11.6 Å². The van der Waals surface area contributed by atoms with Crippen LogP contribution in [-0.2, 0) is 16.0 Å². The predicted molar refractivity (Wildman–Crippen MR) is 60.1 cm³/mol. The first-order valence-corrected chi connectivity index (χ1v) is 5.21. The van der Waals surface area contributed by atoms with E-state index in [4.69, 9.17) is 11.6 Å². The lowest BCUT2D eigenvalue weighted by Crippen LogP contribution is -2.05. The molecule has 15 heavy (non-hydrogen) atoms. The fourth-order valence-electron chi connectivity index (χ4n) is 1.34. The van der Waals surface area contributed by atoms with Crippen LogP contribution in [0.3, 0.4) is 0 Å². The first kappa shape index (κ1) is 11.9. The summed E-state index contributed by atoms with van der Waals surface area (Å²) in [5.41, 5.74) is 1.03. The van der Waals surface area contributed by atoms with E-state index in [1.54, 1.807) is 6.07 Å². The Hall–Kier alpha value is -1.15. The van der Waals surface area contributed by atoms with Crippen LogP contribution >= 0.6 is 11.6 Å². The zero-order chi connectivity index (χ0) is 11.3. The van der Waals surface area contributed by atoms with Crippen molar-refractivity contribution >= 4 is 23.2 Å². The van der Waals surface area contributed by atoms with Crippen LogP contribution in [0.2, 0.25) is 5.02 Å². The Bertz CT molecular complexity index is 372. The van der Waals surface area contributed by atoms with Crippen molar-refractivity contribution in [2.24, 2.45) is 0 Å². The standard InChI is InChI=1S/C12H13ClO2/c1-9(14)7-12(15)6-5-10-3-2-4-11(13)8-10/h2-4,8H,5-7H2,1H3. The van der Waals surface area contributed by atoms with E-state index in [0.29, 0.717) is 17.9 Å². The minimum Gasteiger partial charge on any atom is -0.300 e. The van der Waals surface area contributed by atoms with Crippen LogP contribution in [0.15, 0.2) is 24.3 Å². The number of benzene rings is 1. The maximum absolute atomic E-state index is 11.3. The van der Waals surface area contributed by atoms with Gasteiger partial charge in [0.1, 0.15) is 11.6 Å². The largest absolute Gasteiger partial charge is 0.300 e. The molecule has 0 aliphatic rings. The van der Waals surface area contributed by atoms with Crippen molar-refractivity contribution in [2.45, 2.75) is 26.2 Å². The zero-order valence-electron chi connectivity index (χ0n) is 8.63. The number of ketones is 2. The molecule has 0 unspecified atom stereocenters. The Morgan fingerprint density at radius 3 is 2.67 bits per heavy atom. The van der Waals surface area contributed by atoms with Gasteiger partial charge in [0.25, 0.3) is 0 Å². The summed E-state index contributed by atoms with van der Waals surface area (Å²) < 4.78 is 0. The van der Waals surface area contributed by atoms with Gasteiger partial charge in [0.05, 0.1) is 6.42 Å². The summed E-state index contributed by atoms with van der Waals surface area (Å²) >= 11 is 5.81. The normalized spacial score (nSPS) is 10.0. The maximum atomic E-state index is 11.3. The number of aryl methyl sites for hydroxylation is 1. The second-order valence-electron chi connectivity index (χ2n) is 3.55. The molecule has 0 aromatic heterocycles. The number of Topliss-reactive ketones (excluding diaryl/α,β-unsaturated/α-hetero) is 2. The molecule has 0 saturated carbocycles. The quantitative estimate of drug-likeness (QED) is 0.721. The van der Waals surface area contributed by atoms with Crippen molar-refractivity contribution in [3.05, 3.63) is 34.9 Å². The van der Waals surface area contributed by atoms with Gasteiger partial charge in [-0.25, -0.2) is 0 Å². The van der Waals surface area contributed by atoms with Gasteiger partial charge in [0.2, 0.25) is 0 Å². The SMILES string of the molecule is CC(=O)CC(=O)CCc1cccc(Cl)c1. The lowest BCUT2D eigenvalue weighted by molar-refractivity contribution is -0.125. The Balaban J connectivity index is 2.43. The van der Waals surface area contributed by atoms with E-state index in [2.05, 4.69) is 0 Å². The Morgan fingerprint density at radius 1 is 1.33 bits per heavy atom. The van der Waals surface area contributed by atoms with Gasteiger partial charge >= 0.3 is 0 Å². The van der Waals surface area contributed by atoms with E-state index in [0.717, 1.165) is 5.56 Å². The maximum Gasteiger partial charge on any atom is 0.140 e. The van der Waals surface area contributed by atoms with Crippen LogP contribution in [0.25, 0.3) is 0 Å². The summed E-state index contributed by atoms with van der Waals surface area (Å²) in [5.74, 6) is -0.0893. The molecule has 0 aliphatic carbocycles. The molecule has 2 nitrogen and oxygen atoms in total. The number of hydrogen-bond acceptors (Lipinski definition) is 2. The third kappa shape index (κ3) is 4.75. The van der Waals surface area contributed by atoms with E-state index in [-0.39, 0.29) is 18.0 Å². The lowest BCUT2D eigenvalue weighted by Gasteiger charge is -2.00. The molecular formula is C12H13ClO2. The average Bonchev–Trinajstić information content (AvgIpc) is 2.14. The van der Waals surface area contributed by atoms with Gasteiger partial charge in [-0.1, -0.05) is 23.7 Å². The second kappa shape index (κ2) is 5.66. The summed E-state index contributed by atoms with van der Waals surface area (Å²) in [6.45, 7) is 1.43. The number of carbonyl (C=O) groups excluding carboxylic acids is 2. The molecule has 0 N–H and O–H groups in total. The summed E-state index contributed by atoms with van der Waals surface area (Å²) in [6, 6.07) is 7.41. The molecule has 0 atom stereocenters. The van der Waals surface area contributed by atoms with Crippen LogP contribution in [0.5, 0.6) is 0 Å². The van der Waals surface area contributed by atoms with Crippen LogP contribution in [0.1, 0.15) is 25.3 Å². The van der Waals surface area contributed by atoms with Gasteiger partial charge in [-0.15, -0.1) is 0 Å². The van der Waals surface area contributed by atoms with Gasteiger partial charge in [-0.2, -0.15) is 0 Å². The molecular weight excluding hydrogens is 212 g/mol. The van der Waals surface area contributed by atoms with Crippen LogP contribution in [0, 0.1) is 0 Å². The third-order valence-corrected chi connectivity index (χ3v) is 2.26. The highest BCUT2D eigenvalue weighted by molar-refractivity contribution is 6.30.